The highest BCUT2D eigenvalue weighted by Crippen LogP contribution is 2.22. The quantitative estimate of drug-likeness (QED) is 0.874. The Hall–Kier alpha value is -1.89. The Labute approximate surface area is 158 Å². The number of thiophene rings is 1. The number of likely N-dealkylation sites (tertiary alicyclic amines) is 2. The summed E-state index contributed by atoms with van der Waals surface area (Å²) in [5, 5.41) is 6.82. The number of nitrogens with one attached hydrogen (secondary N) is 1. The van der Waals surface area contributed by atoms with Gasteiger partial charge in [-0.15, -0.1) is 0 Å². The minimum atomic E-state index is -0.112. The van der Waals surface area contributed by atoms with E-state index in [-0.39, 0.29) is 29.7 Å². The monoisotopic (exact) mass is 377 g/mol. The van der Waals surface area contributed by atoms with Gasteiger partial charge in [0.05, 0.1) is 5.92 Å². The fourth-order valence-electron chi connectivity index (χ4n) is 3.80. The van der Waals surface area contributed by atoms with E-state index < -0.39 is 0 Å². The lowest BCUT2D eigenvalue weighted by molar-refractivity contribution is -0.143. The van der Waals surface area contributed by atoms with E-state index in [4.69, 9.17) is 0 Å². The molecule has 1 unspecified atom stereocenters. The third kappa shape index (κ3) is 4.44. The number of hydrogen-bond donors (Lipinski definition) is 1. The maximum Gasteiger partial charge on any atom is 0.252 e. The molecule has 0 bridgehead atoms. The molecule has 26 heavy (non-hydrogen) atoms. The van der Waals surface area contributed by atoms with Crippen molar-refractivity contribution in [1.82, 2.24) is 15.1 Å². The lowest BCUT2D eigenvalue weighted by Crippen LogP contribution is -2.50. The third-order valence-electron chi connectivity index (χ3n) is 5.33. The van der Waals surface area contributed by atoms with Crippen LogP contribution < -0.4 is 5.32 Å². The van der Waals surface area contributed by atoms with E-state index in [9.17, 15) is 14.4 Å². The van der Waals surface area contributed by atoms with E-state index in [2.05, 4.69) is 5.32 Å². The standard InChI is InChI=1S/C19H27N3O3S/c1-2-21-11-14(6-7-17(21)23)19(25)22-9-4-3-5-16(12-22)20-18(24)15-8-10-26-13-15/h8,10,13-14,16H,2-7,9,11-12H2,1H3,(H,20,24)/t14?,16-/m0/s1. The molecule has 2 aliphatic heterocycles. The predicted octanol–water partition coefficient (Wildman–Crippen LogP) is 2.12. The van der Waals surface area contributed by atoms with Gasteiger partial charge in [-0.1, -0.05) is 0 Å². The van der Waals surface area contributed by atoms with Crippen LogP contribution >= 0.6 is 11.3 Å². The average Bonchev–Trinajstić information content (AvgIpc) is 3.09. The topological polar surface area (TPSA) is 69.7 Å². The first-order valence-electron chi connectivity index (χ1n) is 9.48. The second kappa shape index (κ2) is 8.66. The Morgan fingerprint density at radius 2 is 2.12 bits per heavy atom. The number of carbonyl (C=O) groups excluding carboxylic acids is 3. The number of rotatable bonds is 4. The van der Waals surface area contributed by atoms with Crippen molar-refractivity contribution < 1.29 is 14.4 Å². The number of piperidine rings is 1. The van der Waals surface area contributed by atoms with Crippen LogP contribution in [0.4, 0.5) is 0 Å². The van der Waals surface area contributed by atoms with Crippen molar-refractivity contribution in [2.45, 2.75) is 45.1 Å². The van der Waals surface area contributed by atoms with Crippen LogP contribution in [-0.2, 0) is 9.59 Å². The van der Waals surface area contributed by atoms with Crippen LogP contribution in [0.25, 0.3) is 0 Å². The molecule has 3 amide bonds. The molecule has 2 atom stereocenters. The summed E-state index contributed by atoms with van der Waals surface area (Å²) in [6, 6.07) is 1.80. The van der Waals surface area contributed by atoms with Crippen molar-refractivity contribution in [3.8, 4) is 0 Å². The van der Waals surface area contributed by atoms with E-state index in [1.807, 2.05) is 28.7 Å². The molecule has 6 nitrogen and oxygen atoms in total. The maximum atomic E-state index is 13.0. The van der Waals surface area contributed by atoms with Gasteiger partial charge in [-0.25, -0.2) is 0 Å². The van der Waals surface area contributed by atoms with E-state index in [0.717, 1.165) is 25.8 Å². The van der Waals surface area contributed by atoms with E-state index in [1.54, 1.807) is 4.90 Å². The molecule has 142 valence electrons. The molecule has 0 spiro atoms. The number of nitrogens with zero attached hydrogens (tertiary/aromatic N) is 2. The molecule has 1 N–H and O–H groups in total. The summed E-state index contributed by atoms with van der Waals surface area (Å²) >= 11 is 1.50. The zero-order chi connectivity index (χ0) is 18.5. The smallest absolute Gasteiger partial charge is 0.252 e. The van der Waals surface area contributed by atoms with Crippen LogP contribution in [0.1, 0.15) is 49.4 Å². The molecule has 7 heteroatoms. The lowest BCUT2D eigenvalue weighted by atomic mass is 9.96. The Morgan fingerprint density at radius 3 is 2.85 bits per heavy atom. The van der Waals surface area contributed by atoms with Crippen molar-refractivity contribution in [2.24, 2.45) is 5.92 Å². The number of hydrogen-bond acceptors (Lipinski definition) is 4. The zero-order valence-electron chi connectivity index (χ0n) is 15.3. The molecule has 2 aliphatic rings. The molecule has 2 fully saturated rings. The highest BCUT2D eigenvalue weighted by Gasteiger charge is 2.33. The van der Waals surface area contributed by atoms with Gasteiger partial charge in [0.25, 0.3) is 5.91 Å². The molecular formula is C19H27N3O3S. The normalized spacial score (nSPS) is 24.3. The highest BCUT2D eigenvalue weighted by atomic mass is 32.1. The minimum Gasteiger partial charge on any atom is -0.347 e. The van der Waals surface area contributed by atoms with Gasteiger partial charge in [0, 0.05) is 49.6 Å². The summed E-state index contributed by atoms with van der Waals surface area (Å²) < 4.78 is 0. The lowest BCUT2D eigenvalue weighted by Gasteiger charge is -2.35. The van der Waals surface area contributed by atoms with Crippen molar-refractivity contribution in [2.75, 3.05) is 26.2 Å². The Balaban J connectivity index is 1.60. The van der Waals surface area contributed by atoms with E-state index in [1.165, 1.54) is 11.3 Å². The van der Waals surface area contributed by atoms with Crippen LogP contribution in [-0.4, -0.2) is 59.7 Å². The Morgan fingerprint density at radius 1 is 1.27 bits per heavy atom. The summed E-state index contributed by atoms with van der Waals surface area (Å²) in [5.41, 5.74) is 0.682. The molecule has 2 saturated heterocycles. The molecular weight excluding hydrogens is 350 g/mol. The summed E-state index contributed by atoms with van der Waals surface area (Å²) in [4.78, 5) is 40.9. The molecule has 3 heterocycles. The van der Waals surface area contributed by atoms with E-state index in [0.29, 0.717) is 38.0 Å². The fraction of sp³-hybridized carbons (Fsp3) is 0.632. The number of carbonyl (C=O) groups is 3. The summed E-state index contributed by atoms with van der Waals surface area (Å²) in [7, 11) is 0. The van der Waals surface area contributed by atoms with Crippen molar-refractivity contribution >= 4 is 29.1 Å². The molecule has 0 aliphatic carbocycles. The molecule has 0 aromatic carbocycles. The van der Waals surface area contributed by atoms with Crippen LogP contribution in [0.15, 0.2) is 16.8 Å². The van der Waals surface area contributed by atoms with Crippen LogP contribution in [0.3, 0.4) is 0 Å². The van der Waals surface area contributed by atoms with Gasteiger partial charge < -0.3 is 15.1 Å². The largest absolute Gasteiger partial charge is 0.347 e. The van der Waals surface area contributed by atoms with Crippen molar-refractivity contribution in [3.63, 3.8) is 0 Å². The van der Waals surface area contributed by atoms with E-state index >= 15 is 0 Å². The van der Waals surface area contributed by atoms with Crippen molar-refractivity contribution in [3.05, 3.63) is 22.4 Å². The first-order chi connectivity index (χ1) is 12.6. The SMILES string of the molecule is CCN1CC(C(=O)N2CCCC[C@H](NC(=O)c3ccsc3)C2)CCC1=O. The second-order valence-electron chi connectivity index (χ2n) is 7.13. The van der Waals surface area contributed by atoms with Gasteiger partial charge in [0.2, 0.25) is 11.8 Å². The molecule has 0 radical (unpaired) electrons. The van der Waals surface area contributed by atoms with Crippen LogP contribution in [0, 0.1) is 5.92 Å². The molecule has 0 saturated carbocycles. The first kappa shape index (κ1) is 18.9. The summed E-state index contributed by atoms with van der Waals surface area (Å²) in [6.45, 7) is 4.43. The van der Waals surface area contributed by atoms with Gasteiger partial charge in [0.1, 0.15) is 0 Å². The van der Waals surface area contributed by atoms with Gasteiger partial charge in [-0.2, -0.15) is 11.3 Å². The van der Waals surface area contributed by atoms with Crippen LogP contribution in [0.5, 0.6) is 0 Å². The molecule has 3 rings (SSSR count). The molecule has 1 aromatic heterocycles. The van der Waals surface area contributed by atoms with Crippen molar-refractivity contribution in [1.29, 1.82) is 0 Å². The maximum absolute atomic E-state index is 13.0. The number of amides is 3. The minimum absolute atomic E-state index is 0.0126. The first-order valence-corrected chi connectivity index (χ1v) is 10.4. The van der Waals surface area contributed by atoms with Gasteiger partial charge in [0.15, 0.2) is 0 Å². The zero-order valence-corrected chi connectivity index (χ0v) is 16.1. The third-order valence-corrected chi connectivity index (χ3v) is 6.02. The Bertz CT molecular complexity index is 646. The van der Waals surface area contributed by atoms with Gasteiger partial charge >= 0.3 is 0 Å². The summed E-state index contributed by atoms with van der Waals surface area (Å²) in [6.07, 6.45) is 3.94. The van der Waals surface area contributed by atoms with Gasteiger partial charge in [-0.3, -0.25) is 14.4 Å². The highest BCUT2D eigenvalue weighted by molar-refractivity contribution is 7.08. The Kier molecular flexibility index (Phi) is 6.29. The second-order valence-corrected chi connectivity index (χ2v) is 7.91. The van der Waals surface area contributed by atoms with Crippen LogP contribution in [0.2, 0.25) is 0 Å². The molecule has 1 aromatic rings. The predicted molar refractivity (Wildman–Crippen MR) is 101 cm³/mol. The van der Waals surface area contributed by atoms with Gasteiger partial charge in [-0.05, 0) is 44.1 Å². The average molecular weight is 378 g/mol. The fourth-order valence-corrected chi connectivity index (χ4v) is 4.44. The summed E-state index contributed by atoms with van der Waals surface area (Å²) in [5.74, 6) is 0.103.